The third kappa shape index (κ3) is 0.923. The molecule has 0 bridgehead atoms. The molecule has 4 heteroatoms. The molecule has 0 atom stereocenters. The van der Waals surface area contributed by atoms with E-state index in [0.717, 1.165) is 25.6 Å². The molecular weight excluding hydrogens is 134 g/mol. The first-order valence-corrected chi connectivity index (χ1v) is 4.08. The maximum Gasteiger partial charge on any atom is 0.161 e. The first-order chi connectivity index (χ1) is 4.47. The lowest BCUT2D eigenvalue weighted by molar-refractivity contribution is 0.426. The van der Waals surface area contributed by atoms with Gasteiger partial charge in [0, 0.05) is 6.54 Å². The van der Waals surface area contributed by atoms with Crippen LogP contribution in [0.5, 0.6) is 0 Å². The molecule has 0 aromatic carbocycles. The van der Waals surface area contributed by atoms with Crippen LogP contribution in [-0.4, -0.2) is 35.7 Å². The fourth-order valence-electron chi connectivity index (χ4n) is 1.04. The average Bonchev–Trinajstić information content (AvgIpc) is 2.33. The summed E-state index contributed by atoms with van der Waals surface area (Å²) in [7, 11) is 0. The zero-order chi connectivity index (χ0) is 6.10. The summed E-state index contributed by atoms with van der Waals surface area (Å²) >= 11 is 1.80. The molecule has 1 N–H and O–H groups in total. The summed E-state index contributed by atoms with van der Waals surface area (Å²) < 4.78 is 0. The second-order valence-corrected chi connectivity index (χ2v) is 3.07. The normalized spacial score (nSPS) is 25.8. The van der Waals surface area contributed by atoms with Crippen LogP contribution in [0, 0.1) is 0 Å². The van der Waals surface area contributed by atoms with Crippen LogP contribution in [0.15, 0.2) is 4.99 Å². The fraction of sp³-hybridized carbons (Fsp3) is 0.800. The van der Waals surface area contributed by atoms with Gasteiger partial charge in [0.2, 0.25) is 0 Å². The molecule has 0 aromatic rings. The van der Waals surface area contributed by atoms with Gasteiger partial charge in [0.25, 0.3) is 0 Å². The van der Waals surface area contributed by atoms with Crippen molar-refractivity contribution in [3.8, 4) is 0 Å². The Morgan fingerprint density at radius 3 is 3.56 bits per heavy atom. The van der Waals surface area contributed by atoms with Crippen LogP contribution in [0.1, 0.15) is 0 Å². The monoisotopic (exact) mass is 143 g/mol. The lowest BCUT2D eigenvalue weighted by Gasteiger charge is -2.24. The molecule has 0 saturated carbocycles. The second-order valence-electron chi connectivity index (χ2n) is 2.12. The molecule has 0 aromatic heterocycles. The molecule has 3 nitrogen and oxygen atoms in total. The van der Waals surface area contributed by atoms with Crippen molar-refractivity contribution in [2.75, 3.05) is 25.6 Å². The second kappa shape index (κ2) is 2.19. The van der Waals surface area contributed by atoms with Crippen LogP contribution in [0.4, 0.5) is 0 Å². The summed E-state index contributed by atoms with van der Waals surface area (Å²) in [5.41, 5.74) is 0. The van der Waals surface area contributed by atoms with E-state index in [4.69, 9.17) is 0 Å². The van der Waals surface area contributed by atoms with Crippen molar-refractivity contribution < 1.29 is 0 Å². The molecule has 0 radical (unpaired) electrons. The molecule has 1 fully saturated rings. The van der Waals surface area contributed by atoms with E-state index in [2.05, 4.69) is 15.2 Å². The molecule has 9 heavy (non-hydrogen) atoms. The molecule has 0 aliphatic carbocycles. The van der Waals surface area contributed by atoms with Gasteiger partial charge in [-0.05, 0) is 0 Å². The summed E-state index contributed by atoms with van der Waals surface area (Å²) in [4.78, 5) is 6.60. The highest BCUT2D eigenvalue weighted by Crippen LogP contribution is 2.15. The highest BCUT2D eigenvalue weighted by atomic mass is 32.2. The smallest absolute Gasteiger partial charge is 0.161 e. The van der Waals surface area contributed by atoms with E-state index in [9.17, 15) is 0 Å². The van der Waals surface area contributed by atoms with E-state index in [0.29, 0.717) is 0 Å². The largest absolute Gasteiger partial charge is 0.337 e. The van der Waals surface area contributed by atoms with Crippen LogP contribution in [0.2, 0.25) is 0 Å². The zero-order valence-corrected chi connectivity index (χ0v) is 5.95. The maximum absolute atomic E-state index is 4.32. The molecule has 2 aliphatic heterocycles. The van der Waals surface area contributed by atoms with E-state index in [1.807, 2.05) is 0 Å². The van der Waals surface area contributed by atoms with E-state index in [1.54, 1.807) is 11.8 Å². The molecule has 2 aliphatic rings. The Balaban J connectivity index is 2.09. The van der Waals surface area contributed by atoms with Crippen LogP contribution in [0.3, 0.4) is 0 Å². The summed E-state index contributed by atoms with van der Waals surface area (Å²) in [6.07, 6.45) is 0. The molecule has 0 amide bonds. The van der Waals surface area contributed by atoms with Gasteiger partial charge in [-0.15, -0.1) is 0 Å². The van der Waals surface area contributed by atoms with Gasteiger partial charge >= 0.3 is 0 Å². The minimum Gasteiger partial charge on any atom is -0.337 e. The third-order valence-corrected chi connectivity index (χ3v) is 2.49. The van der Waals surface area contributed by atoms with Crippen LogP contribution >= 0.6 is 11.8 Å². The highest BCUT2D eigenvalue weighted by molar-refractivity contribution is 8.13. The molecule has 0 spiro atoms. The third-order valence-electron chi connectivity index (χ3n) is 1.49. The minimum absolute atomic E-state index is 0.990. The summed E-state index contributed by atoms with van der Waals surface area (Å²) in [5, 5.41) is 4.49. The van der Waals surface area contributed by atoms with Crippen LogP contribution in [0.25, 0.3) is 0 Å². The molecular formula is C5H9N3S. The predicted molar refractivity (Wildman–Crippen MR) is 39.5 cm³/mol. The first kappa shape index (κ1) is 5.56. The number of amidine groups is 1. The highest BCUT2D eigenvalue weighted by Gasteiger charge is 2.19. The van der Waals surface area contributed by atoms with Gasteiger partial charge in [0.15, 0.2) is 5.17 Å². The number of hydrogen-bond donors (Lipinski definition) is 1. The lowest BCUT2D eigenvalue weighted by atomic mass is 10.6. The van der Waals surface area contributed by atoms with Gasteiger partial charge in [0.05, 0.1) is 19.1 Å². The minimum atomic E-state index is 0.990. The van der Waals surface area contributed by atoms with Crippen molar-refractivity contribution in [1.82, 2.24) is 10.2 Å². The van der Waals surface area contributed by atoms with Crippen LogP contribution in [-0.2, 0) is 0 Å². The summed E-state index contributed by atoms with van der Waals surface area (Å²) in [6.45, 7) is 3.09. The Kier molecular flexibility index (Phi) is 1.35. The van der Waals surface area contributed by atoms with E-state index < -0.39 is 0 Å². The number of hydrogen-bond acceptors (Lipinski definition) is 4. The predicted octanol–water partition coefficient (Wildman–Crippen LogP) is -0.0906. The SMILES string of the molecule is C1CN2CNCSC2=N1. The standard InChI is InChI=1S/C5H9N3S/c1-2-8-3-6-4-9-5(8)7-1/h6H,1-4H2. The van der Waals surface area contributed by atoms with Crippen molar-refractivity contribution >= 4 is 16.9 Å². The van der Waals surface area contributed by atoms with Gasteiger partial charge in [0.1, 0.15) is 0 Å². The summed E-state index contributed by atoms with van der Waals surface area (Å²) in [6, 6.07) is 0. The maximum atomic E-state index is 4.32. The Labute approximate surface area is 58.5 Å². The van der Waals surface area contributed by atoms with Crippen molar-refractivity contribution in [2.45, 2.75) is 0 Å². The van der Waals surface area contributed by atoms with E-state index >= 15 is 0 Å². The van der Waals surface area contributed by atoms with Gasteiger partial charge in [-0.3, -0.25) is 10.3 Å². The number of nitrogens with one attached hydrogen (secondary N) is 1. The van der Waals surface area contributed by atoms with Gasteiger partial charge in [-0.1, -0.05) is 11.8 Å². The number of rotatable bonds is 0. The van der Waals surface area contributed by atoms with Crippen molar-refractivity contribution in [2.24, 2.45) is 4.99 Å². The van der Waals surface area contributed by atoms with Gasteiger partial charge < -0.3 is 4.90 Å². The van der Waals surface area contributed by atoms with Gasteiger partial charge in [-0.2, -0.15) is 0 Å². The van der Waals surface area contributed by atoms with Crippen molar-refractivity contribution in [3.63, 3.8) is 0 Å². The van der Waals surface area contributed by atoms with Gasteiger partial charge in [-0.25, -0.2) is 0 Å². The number of aliphatic imine (C=N–C) groups is 1. The lowest BCUT2D eigenvalue weighted by Crippen LogP contribution is -2.40. The molecule has 2 heterocycles. The number of fused-ring (bicyclic) bond motifs is 1. The van der Waals surface area contributed by atoms with Crippen LogP contribution < -0.4 is 5.32 Å². The molecule has 50 valence electrons. The molecule has 1 saturated heterocycles. The number of nitrogens with zero attached hydrogens (tertiary/aromatic N) is 2. The molecule has 0 unspecified atom stereocenters. The fourth-order valence-corrected chi connectivity index (χ4v) is 1.89. The Morgan fingerprint density at radius 2 is 2.67 bits per heavy atom. The average molecular weight is 143 g/mol. The van der Waals surface area contributed by atoms with E-state index in [1.165, 1.54) is 5.17 Å². The van der Waals surface area contributed by atoms with E-state index in [-0.39, 0.29) is 0 Å². The molecule has 2 rings (SSSR count). The Morgan fingerprint density at radius 1 is 1.67 bits per heavy atom. The number of thioether (sulfide) groups is 1. The summed E-state index contributed by atoms with van der Waals surface area (Å²) in [5.74, 6) is 1.02. The van der Waals surface area contributed by atoms with Crippen molar-refractivity contribution in [1.29, 1.82) is 0 Å². The quantitative estimate of drug-likeness (QED) is 0.513. The Hall–Kier alpha value is -0.220. The van der Waals surface area contributed by atoms with Crippen molar-refractivity contribution in [3.05, 3.63) is 0 Å². The topological polar surface area (TPSA) is 27.6 Å². The first-order valence-electron chi connectivity index (χ1n) is 3.10. The zero-order valence-electron chi connectivity index (χ0n) is 5.13. The Bertz CT molecular complexity index is 145.